The van der Waals surface area contributed by atoms with E-state index in [9.17, 15) is 18.5 Å². The van der Waals surface area contributed by atoms with Crippen LogP contribution < -0.4 is 10.0 Å². The topological polar surface area (TPSA) is 114 Å². The summed E-state index contributed by atoms with van der Waals surface area (Å²) in [7, 11) is -3.69. The van der Waals surface area contributed by atoms with E-state index in [4.69, 9.17) is 0 Å². The molecular weight excluding hydrogens is 376 g/mol. The maximum absolute atomic E-state index is 12.1. The van der Waals surface area contributed by atoms with E-state index in [-0.39, 0.29) is 22.5 Å². The fourth-order valence-corrected chi connectivity index (χ4v) is 3.99. The van der Waals surface area contributed by atoms with Crippen molar-refractivity contribution in [2.24, 2.45) is 0 Å². The normalized spacial score (nSPS) is 12.3. The van der Waals surface area contributed by atoms with Gasteiger partial charge in [-0.15, -0.1) is 11.3 Å². The molecule has 1 aromatic carbocycles. The Labute approximate surface area is 156 Å². The lowest BCUT2D eigenvalue weighted by molar-refractivity contribution is -0.384. The molecule has 10 heteroatoms. The molecule has 0 saturated carbocycles. The standard InChI is InChI=1S/C16H22N4O4S2/c1-16(2,3)15-19-12(11-25-15)10-17-8-9-18-26(23,24)14-6-4-13(5-7-14)20(21)22/h4-7,11,17-18H,8-10H2,1-3H3. The van der Waals surface area contributed by atoms with E-state index < -0.39 is 14.9 Å². The Morgan fingerprint density at radius 2 is 1.85 bits per heavy atom. The maximum atomic E-state index is 12.1. The van der Waals surface area contributed by atoms with Gasteiger partial charge in [0.05, 0.1) is 20.5 Å². The third-order valence-electron chi connectivity index (χ3n) is 3.45. The number of nitro groups is 1. The zero-order valence-electron chi connectivity index (χ0n) is 14.9. The monoisotopic (exact) mass is 398 g/mol. The molecule has 0 atom stereocenters. The SMILES string of the molecule is CC(C)(C)c1nc(CNCCNS(=O)(=O)c2ccc([N+](=O)[O-])cc2)cs1. The molecule has 8 nitrogen and oxygen atoms in total. The van der Waals surface area contributed by atoms with Gasteiger partial charge in [-0.3, -0.25) is 10.1 Å². The first-order valence-electron chi connectivity index (χ1n) is 7.99. The molecule has 142 valence electrons. The van der Waals surface area contributed by atoms with E-state index in [2.05, 4.69) is 35.8 Å². The van der Waals surface area contributed by atoms with Crippen LogP contribution in [0.15, 0.2) is 34.5 Å². The number of non-ortho nitro benzene ring substituents is 1. The Balaban J connectivity index is 1.80. The van der Waals surface area contributed by atoms with Gasteiger partial charge in [0.2, 0.25) is 10.0 Å². The van der Waals surface area contributed by atoms with E-state index in [0.717, 1.165) is 10.7 Å². The van der Waals surface area contributed by atoms with Crippen molar-refractivity contribution in [3.63, 3.8) is 0 Å². The van der Waals surface area contributed by atoms with Gasteiger partial charge in [0.25, 0.3) is 5.69 Å². The Kier molecular flexibility index (Phi) is 6.45. The lowest BCUT2D eigenvalue weighted by atomic mass is 9.98. The van der Waals surface area contributed by atoms with Crippen LogP contribution in [0.1, 0.15) is 31.5 Å². The van der Waals surface area contributed by atoms with E-state index >= 15 is 0 Å². The molecule has 0 aliphatic carbocycles. The molecule has 0 amide bonds. The van der Waals surface area contributed by atoms with Crippen LogP contribution in [-0.2, 0) is 22.0 Å². The highest BCUT2D eigenvalue weighted by Gasteiger charge is 2.18. The Bertz CT molecular complexity index is 855. The summed E-state index contributed by atoms with van der Waals surface area (Å²) in [6, 6.07) is 4.78. The van der Waals surface area contributed by atoms with Crippen LogP contribution in [0.3, 0.4) is 0 Å². The number of hydrogen-bond acceptors (Lipinski definition) is 7. The van der Waals surface area contributed by atoms with Gasteiger partial charge in [0.1, 0.15) is 0 Å². The van der Waals surface area contributed by atoms with Gasteiger partial charge in [0, 0.05) is 42.6 Å². The summed E-state index contributed by atoms with van der Waals surface area (Å²) in [5.74, 6) is 0. The fourth-order valence-electron chi connectivity index (χ4n) is 2.05. The number of hydrogen-bond donors (Lipinski definition) is 2. The minimum Gasteiger partial charge on any atom is -0.310 e. The molecule has 1 heterocycles. The number of nitro benzene ring substituents is 1. The number of nitrogens with one attached hydrogen (secondary N) is 2. The van der Waals surface area contributed by atoms with Crippen molar-refractivity contribution in [3.05, 3.63) is 50.5 Å². The molecule has 0 saturated heterocycles. The first kappa shape index (κ1) is 20.4. The summed E-state index contributed by atoms with van der Waals surface area (Å²) in [6.45, 7) is 7.53. The highest BCUT2D eigenvalue weighted by molar-refractivity contribution is 7.89. The van der Waals surface area contributed by atoms with Gasteiger partial charge in [0.15, 0.2) is 0 Å². The van der Waals surface area contributed by atoms with Gasteiger partial charge in [-0.05, 0) is 12.1 Å². The maximum Gasteiger partial charge on any atom is 0.269 e. The number of rotatable bonds is 8. The molecule has 1 aromatic heterocycles. The molecule has 2 rings (SSSR count). The van der Waals surface area contributed by atoms with E-state index in [1.165, 1.54) is 24.3 Å². The molecule has 0 aliphatic rings. The molecule has 0 fully saturated rings. The quantitative estimate of drug-likeness (QED) is 0.401. The Hall–Kier alpha value is -1.88. The zero-order valence-corrected chi connectivity index (χ0v) is 16.5. The number of benzene rings is 1. The van der Waals surface area contributed by atoms with Crippen LogP contribution >= 0.6 is 11.3 Å². The summed E-state index contributed by atoms with van der Waals surface area (Å²) in [4.78, 5) is 14.6. The summed E-state index contributed by atoms with van der Waals surface area (Å²) in [5.41, 5.74) is 0.796. The number of aromatic nitrogens is 1. The van der Waals surface area contributed by atoms with Crippen LogP contribution in [0.5, 0.6) is 0 Å². The van der Waals surface area contributed by atoms with Crippen LogP contribution in [0.25, 0.3) is 0 Å². The molecule has 26 heavy (non-hydrogen) atoms. The second-order valence-corrected chi connectivity index (χ2v) is 9.34. The van der Waals surface area contributed by atoms with Crippen molar-refractivity contribution >= 4 is 27.0 Å². The van der Waals surface area contributed by atoms with E-state index in [0.29, 0.717) is 13.1 Å². The minimum atomic E-state index is -3.69. The van der Waals surface area contributed by atoms with Crippen molar-refractivity contribution < 1.29 is 13.3 Å². The molecule has 0 spiro atoms. The van der Waals surface area contributed by atoms with Crippen molar-refractivity contribution in [2.75, 3.05) is 13.1 Å². The van der Waals surface area contributed by atoms with Crippen molar-refractivity contribution in [1.82, 2.24) is 15.0 Å². The zero-order chi connectivity index (χ0) is 19.4. The summed E-state index contributed by atoms with van der Waals surface area (Å²) >= 11 is 1.61. The van der Waals surface area contributed by atoms with Crippen molar-refractivity contribution in [3.8, 4) is 0 Å². The highest BCUT2D eigenvalue weighted by atomic mass is 32.2. The first-order valence-corrected chi connectivity index (χ1v) is 10.4. The lowest BCUT2D eigenvalue weighted by Gasteiger charge is -2.13. The number of sulfonamides is 1. The average molecular weight is 399 g/mol. The first-order chi connectivity index (χ1) is 12.1. The summed E-state index contributed by atoms with van der Waals surface area (Å²) in [5, 5.41) is 16.8. The molecule has 2 N–H and O–H groups in total. The van der Waals surface area contributed by atoms with Gasteiger partial charge < -0.3 is 5.32 Å². The summed E-state index contributed by atoms with van der Waals surface area (Å²) < 4.78 is 26.7. The van der Waals surface area contributed by atoms with Crippen LogP contribution in [0.2, 0.25) is 0 Å². The third kappa shape index (κ3) is 5.56. The largest absolute Gasteiger partial charge is 0.310 e. The molecule has 2 aromatic rings. The van der Waals surface area contributed by atoms with Crippen LogP contribution in [0.4, 0.5) is 5.69 Å². The second kappa shape index (κ2) is 8.21. The molecule has 0 radical (unpaired) electrons. The second-order valence-electron chi connectivity index (χ2n) is 6.72. The molecule has 0 aliphatic heterocycles. The number of nitrogens with zero attached hydrogens (tertiary/aromatic N) is 2. The smallest absolute Gasteiger partial charge is 0.269 e. The predicted octanol–water partition coefficient (Wildman–Crippen LogP) is 2.42. The lowest BCUT2D eigenvalue weighted by Crippen LogP contribution is -2.31. The summed E-state index contributed by atoms with van der Waals surface area (Å²) in [6.07, 6.45) is 0. The van der Waals surface area contributed by atoms with Gasteiger partial charge in [-0.25, -0.2) is 18.1 Å². The van der Waals surface area contributed by atoms with Gasteiger partial charge in [-0.1, -0.05) is 20.8 Å². The fraction of sp³-hybridized carbons (Fsp3) is 0.438. The minimum absolute atomic E-state index is 0.00239. The van der Waals surface area contributed by atoms with Gasteiger partial charge in [-0.2, -0.15) is 0 Å². The van der Waals surface area contributed by atoms with E-state index in [1.54, 1.807) is 11.3 Å². The average Bonchev–Trinajstić information content (AvgIpc) is 3.04. The highest BCUT2D eigenvalue weighted by Crippen LogP contribution is 2.25. The Morgan fingerprint density at radius 3 is 2.38 bits per heavy atom. The predicted molar refractivity (Wildman–Crippen MR) is 101 cm³/mol. The molecule has 0 unspecified atom stereocenters. The van der Waals surface area contributed by atoms with Crippen LogP contribution in [0, 0.1) is 10.1 Å². The van der Waals surface area contributed by atoms with Gasteiger partial charge >= 0.3 is 0 Å². The molecule has 0 bridgehead atoms. The number of thiazole rings is 1. The third-order valence-corrected chi connectivity index (χ3v) is 6.24. The van der Waals surface area contributed by atoms with Crippen molar-refractivity contribution in [1.29, 1.82) is 0 Å². The molecular formula is C16H22N4O4S2. The van der Waals surface area contributed by atoms with E-state index in [1.807, 2.05) is 5.38 Å². The van der Waals surface area contributed by atoms with Crippen LogP contribution in [-0.4, -0.2) is 31.4 Å². The Morgan fingerprint density at radius 1 is 1.19 bits per heavy atom. The van der Waals surface area contributed by atoms with Crippen molar-refractivity contribution in [2.45, 2.75) is 37.6 Å².